The Hall–Kier alpha value is -2.28. The van der Waals surface area contributed by atoms with E-state index in [-0.39, 0.29) is 50.6 Å². The standard InChI is InChI=1S/C28H45NO6.ClH/c1-4-5-6-7-8-9-10-11-12-14-19-29-20-15-13-16-25(29)23-35-27(31)18-17-26(30)33-21-22-34-28(32)24(2)3;/h13,15-16H,2,4-12,14,17-23H2,1,3H3;1H. The summed E-state index contributed by atoms with van der Waals surface area (Å²) < 4.78 is 15.2. The summed E-state index contributed by atoms with van der Waals surface area (Å²) in [6.07, 6.45) is 19.0. The molecule has 0 radical (unpaired) electrons. The van der Waals surface area contributed by atoms with Gasteiger partial charge in [-0.2, -0.15) is 0 Å². The van der Waals surface area contributed by atoms with Crippen molar-refractivity contribution in [3.8, 4) is 0 Å². The van der Waals surface area contributed by atoms with E-state index >= 15 is 0 Å². The van der Waals surface area contributed by atoms with Gasteiger partial charge in [0.15, 0.2) is 0 Å². The van der Waals surface area contributed by atoms with Gasteiger partial charge in [-0.1, -0.05) is 83.4 Å². The van der Waals surface area contributed by atoms with Crippen LogP contribution in [-0.4, -0.2) is 55.7 Å². The highest BCUT2D eigenvalue weighted by atomic mass is 35.5. The molecule has 0 bridgehead atoms. The number of unbranched alkanes of at least 4 members (excludes halogenated alkanes) is 9. The van der Waals surface area contributed by atoms with Gasteiger partial charge in [0.2, 0.25) is 0 Å². The number of ether oxygens (including phenoxy) is 3. The molecule has 206 valence electrons. The summed E-state index contributed by atoms with van der Waals surface area (Å²) in [5, 5.41) is 0. The fourth-order valence-electron chi connectivity index (χ4n) is 3.67. The fourth-order valence-corrected chi connectivity index (χ4v) is 3.67. The molecule has 0 aromatic carbocycles. The Bertz CT molecular complexity index is 719. The van der Waals surface area contributed by atoms with Crippen molar-refractivity contribution in [3.63, 3.8) is 0 Å². The average molecular weight is 528 g/mol. The van der Waals surface area contributed by atoms with Crippen LogP contribution in [0.2, 0.25) is 0 Å². The summed E-state index contributed by atoms with van der Waals surface area (Å²) in [6, 6.07) is 0. The molecule has 7 nitrogen and oxygen atoms in total. The Morgan fingerprint density at radius 2 is 1.42 bits per heavy atom. The van der Waals surface area contributed by atoms with Crippen molar-refractivity contribution in [2.75, 3.05) is 32.9 Å². The highest BCUT2D eigenvalue weighted by molar-refractivity contribution is 5.87. The normalized spacial score (nSPS) is 12.4. The second-order valence-corrected chi connectivity index (χ2v) is 9.01. The number of allylic oxidation sites excluding steroid dienone is 2. The van der Waals surface area contributed by atoms with Crippen molar-refractivity contribution in [2.24, 2.45) is 0 Å². The van der Waals surface area contributed by atoms with Crippen LogP contribution in [0.4, 0.5) is 0 Å². The molecule has 0 N–H and O–H groups in total. The lowest BCUT2D eigenvalue weighted by atomic mass is 10.1. The molecule has 0 spiro atoms. The van der Waals surface area contributed by atoms with Crippen LogP contribution in [0.1, 0.15) is 90.9 Å². The number of carbonyl (C=O) groups excluding carboxylic acids is 3. The van der Waals surface area contributed by atoms with Crippen molar-refractivity contribution in [1.29, 1.82) is 0 Å². The second kappa shape index (κ2) is 22.0. The molecule has 36 heavy (non-hydrogen) atoms. The number of carbonyl (C=O) groups is 3. The summed E-state index contributed by atoms with van der Waals surface area (Å²) in [4.78, 5) is 37.3. The van der Waals surface area contributed by atoms with Gasteiger partial charge < -0.3 is 19.1 Å². The van der Waals surface area contributed by atoms with Crippen molar-refractivity contribution >= 4 is 30.3 Å². The second-order valence-electron chi connectivity index (χ2n) is 9.01. The molecule has 1 aliphatic heterocycles. The van der Waals surface area contributed by atoms with Crippen molar-refractivity contribution in [1.82, 2.24) is 4.90 Å². The number of hydrogen-bond donors (Lipinski definition) is 0. The van der Waals surface area contributed by atoms with E-state index in [9.17, 15) is 14.4 Å². The van der Waals surface area contributed by atoms with Crippen LogP contribution in [0.25, 0.3) is 0 Å². The van der Waals surface area contributed by atoms with E-state index in [2.05, 4.69) is 24.5 Å². The van der Waals surface area contributed by atoms with Crippen molar-refractivity contribution in [2.45, 2.75) is 90.9 Å². The maximum absolute atomic E-state index is 12.1. The number of rotatable bonds is 20. The fraction of sp³-hybridized carbons (Fsp3) is 0.679. The molecule has 1 heterocycles. The molecule has 0 fully saturated rings. The number of hydrogen-bond acceptors (Lipinski definition) is 7. The van der Waals surface area contributed by atoms with Crippen LogP contribution in [0.5, 0.6) is 0 Å². The first-order valence-corrected chi connectivity index (χ1v) is 13.2. The Morgan fingerprint density at radius 1 is 0.861 bits per heavy atom. The minimum absolute atomic E-state index is 0. The lowest BCUT2D eigenvalue weighted by Crippen LogP contribution is -2.29. The van der Waals surface area contributed by atoms with Gasteiger partial charge in [0.25, 0.3) is 0 Å². The topological polar surface area (TPSA) is 82.1 Å². The molecular weight excluding hydrogens is 482 g/mol. The summed E-state index contributed by atoms with van der Waals surface area (Å²) in [5.74, 6) is -1.50. The van der Waals surface area contributed by atoms with Gasteiger partial charge in [-0.25, -0.2) is 4.79 Å². The molecule has 1 aliphatic rings. The number of esters is 3. The van der Waals surface area contributed by atoms with Crippen molar-refractivity contribution in [3.05, 3.63) is 36.1 Å². The molecule has 0 atom stereocenters. The predicted octanol–water partition coefficient (Wildman–Crippen LogP) is 6.07. The summed E-state index contributed by atoms with van der Waals surface area (Å²) in [5.41, 5.74) is 1.27. The quantitative estimate of drug-likeness (QED) is 0.0822. The zero-order valence-electron chi connectivity index (χ0n) is 22.3. The largest absolute Gasteiger partial charge is 0.462 e. The first kappa shape index (κ1) is 33.7. The van der Waals surface area contributed by atoms with E-state index in [0.717, 1.165) is 25.2 Å². The van der Waals surface area contributed by atoms with Crippen molar-refractivity contribution < 1.29 is 28.6 Å². The van der Waals surface area contributed by atoms with Crippen LogP contribution in [0.3, 0.4) is 0 Å². The summed E-state index contributed by atoms with van der Waals surface area (Å²) in [7, 11) is 0. The summed E-state index contributed by atoms with van der Waals surface area (Å²) >= 11 is 0. The number of halogens is 1. The van der Waals surface area contributed by atoms with Gasteiger partial charge in [-0.3, -0.25) is 9.59 Å². The van der Waals surface area contributed by atoms with Gasteiger partial charge >= 0.3 is 17.9 Å². The third kappa shape index (κ3) is 17.2. The molecule has 8 heteroatoms. The Morgan fingerprint density at radius 3 is 2.03 bits per heavy atom. The molecular formula is C28H46ClNO6. The minimum Gasteiger partial charge on any atom is -0.462 e. The monoisotopic (exact) mass is 527 g/mol. The predicted molar refractivity (Wildman–Crippen MR) is 145 cm³/mol. The van der Waals surface area contributed by atoms with Crippen LogP contribution in [0.15, 0.2) is 36.1 Å². The Kier molecular flexibility index (Phi) is 20.6. The Labute approximate surface area is 223 Å². The lowest BCUT2D eigenvalue weighted by Gasteiger charge is -2.28. The van der Waals surface area contributed by atoms with E-state index in [0.29, 0.717) is 0 Å². The molecule has 0 aliphatic carbocycles. The molecule has 0 aromatic rings. The van der Waals surface area contributed by atoms with Crippen LogP contribution in [0, 0.1) is 0 Å². The average Bonchev–Trinajstić information content (AvgIpc) is 2.85. The van der Waals surface area contributed by atoms with Crippen LogP contribution in [-0.2, 0) is 28.6 Å². The van der Waals surface area contributed by atoms with Gasteiger partial charge in [0.1, 0.15) is 19.8 Å². The first-order chi connectivity index (χ1) is 16.9. The first-order valence-electron chi connectivity index (χ1n) is 13.2. The molecule has 0 unspecified atom stereocenters. The zero-order chi connectivity index (χ0) is 25.7. The number of nitrogens with zero attached hydrogens (tertiary/aromatic N) is 1. The maximum atomic E-state index is 12.1. The van der Waals surface area contributed by atoms with Gasteiger partial charge in [0, 0.05) is 18.7 Å². The SMILES string of the molecule is C=C(C)C(=O)OCCOC(=O)CCC(=O)OCC1=CC=CCN1CCCCCCCCCCCC.Cl. The third-order valence-electron chi connectivity index (χ3n) is 5.78. The smallest absolute Gasteiger partial charge is 0.333 e. The Balaban J connectivity index is 0.0000122. The summed E-state index contributed by atoms with van der Waals surface area (Å²) in [6.45, 7) is 9.13. The maximum Gasteiger partial charge on any atom is 0.333 e. The van der Waals surface area contributed by atoms with Crippen LogP contribution >= 0.6 is 12.4 Å². The highest BCUT2D eigenvalue weighted by Gasteiger charge is 2.14. The molecule has 0 aromatic heterocycles. The molecule has 0 amide bonds. The van der Waals surface area contributed by atoms with Crippen LogP contribution < -0.4 is 0 Å². The van der Waals surface area contributed by atoms with E-state index in [1.54, 1.807) is 0 Å². The van der Waals surface area contributed by atoms with Gasteiger partial charge in [-0.05, 0) is 19.4 Å². The lowest BCUT2D eigenvalue weighted by molar-refractivity contribution is -0.152. The molecule has 0 saturated carbocycles. The zero-order valence-corrected chi connectivity index (χ0v) is 23.1. The van der Waals surface area contributed by atoms with E-state index in [1.807, 2.05) is 12.2 Å². The third-order valence-corrected chi connectivity index (χ3v) is 5.78. The molecule has 1 rings (SSSR count). The van der Waals surface area contributed by atoms with E-state index < -0.39 is 17.9 Å². The van der Waals surface area contributed by atoms with Gasteiger partial charge in [-0.15, -0.1) is 12.4 Å². The molecule has 0 saturated heterocycles. The van der Waals surface area contributed by atoms with E-state index in [4.69, 9.17) is 14.2 Å². The minimum atomic E-state index is -0.532. The highest BCUT2D eigenvalue weighted by Crippen LogP contribution is 2.15. The van der Waals surface area contributed by atoms with E-state index in [1.165, 1.54) is 64.7 Å². The van der Waals surface area contributed by atoms with Gasteiger partial charge in [0.05, 0.1) is 18.5 Å².